The van der Waals surface area contributed by atoms with Crippen molar-refractivity contribution in [2.45, 2.75) is 39.7 Å². The van der Waals surface area contributed by atoms with Gasteiger partial charge in [-0.1, -0.05) is 23.6 Å². The van der Waals surface area contributed by atoms with Crippen LogP contribution in [0.5, 0.6) is 11.8 Å². The zero-order chi connectivity index (χ0) is 20.4. The van der Waals surface area contributed by atoms with E-state index in [1.54, 1.807) is 14.0 Å². The van der Waals surface area contributed by atoms with E-state index >= 15 is 0 Å². The van der Waals surface area contributed by atoms with Crippen molar-refractivity contribution in [1.29, 1.82) is 0 Å². The van der Waals surface area contributed by atoms with Crippen molar-refractivity contribution in [3.63, 3.8) is 0 Å². The maximum absolute atomic E-state index is 13.2. The van der Waals surface area contributed by atoms with E-state index < -0.39 is 0 Å². The summed E-state index contributed by atoms with van der Waals surface area (Å²) < 4.78 is 9.21. The van der Waals surface area contributed by atoms with Crippen LogP contribution in [0.25, 0.3) is 11.2 Å². The maximum Gasteiger partial charge on any atom is 0.306 e. The number of imidazole rings is 1. The van der Waals surface area contributed by atoms with Gasteiger partial charge in [0.25, 0.3) is 5.56 Å². The molecule has 1 aliphatic rings. The summed E-state index contributed by atoms with van der Waals surface area (Å²) in [4.78, 5) is 24.7. The number of benzene rings is 1. The lowest BCUT2D eigenvalue weighted by atomic mass is 10.1. The predicted molar refractivity (Wildman–Crippen MR) is 114 cm³/mol. The van der Waals surface area contributed by atoms with Gasteiger partial charge in [-0.15, -0.1) is 5.92 Å². The first-order valence-corrected chi connectivity index (χ1v) is 9.95. The summed E-state index contributed by atoms with van der Waals surface area (Å²) in [6.07, 6.45) is 3.46. The summed E-state index contributed by atoms with van der Waals surface area (Å²) in [7, 11) is 1.67. The molecule has 3 aromatic rings. The molecule has 7 heteroatoms. The van der Waals surface area contributed by atoms with E-state index in [0.29, 0.717) is 23.5 Å². The molecule has 29 heavy (non-hydrogen) atoms. The Labute approximate surface area is 170 Å². The Morgan fingerprint density at radius 3 is 2.52 bits per heavy atom. The molecular weight excluding hydrogens is 366 g/mol. The van der Waals surface area contributed by atoms with Crippen molar-refractivity contribution in [2.75, 3.05) is 18.0 Å². The number of piperidine rings is 1. The van der Waals surface area contributed by atoms with E-state index in [-0.39, 0.29) is 11.6 Å². The molecule has 3 heterocycles. The Morgan fingerprint density at radius 2 is 1.83 bits per heavy atom. The Kier molecular flexibility index (Phi) is 5.26. The summed E-state index contributed by atoms with van der Waals surface area (Å²) >= 11 is 0. The second-order valence-corrected chi connectivity index (χ2v) is 7.32. The second kappa shape index (κ2) is 8.00. The number of fused-ring (bicyclic) bond motifs is 1. The average Bonchev–Trinajstić information content (AvgIpc) is 3.11. The van der Waals surface area contributed by atoms with Crippen LogP contribution in [0, 0.1) is 18.8 Å². The van der Waals surface area contributed by atoms with Crippen LogP contribution in [-0.2, 0) is 13.6 Å². The summed E-state index contributed by atoms with van der Waals surface area (Å²) in [6.45, 7) is 6.07. The van der Waals surface area contributed by atoms with Crippen molar-refractivity contribution in [3.05, 3.63) is 40.2 Å². The van der Waals surface area contributed by atoms with Gasteiger partial charge in [-0.25, -0.2) is 0 Å². The molecule has 0 atom stereocenters. The highest BCUT2D eigenvalue weighted by atomic mass is 16.5. The molecule has 0 N–H and O–H groups in total. The van der Waals surface area contributed by atoms with Gasteiger partial charge >= 0.3 is 6.01 Å². The number of hydrogen-bond donors (Lipinski definition) is 0. The number of ether oxygens (including phenoxy) is 1. The number of nitrogens with zero attached hydrogens (tertiary/aromatic N) is 5. The molecule has 0 bridgehead atoms. The van der Waals surface area contributed by atoms with Crippen molar-refractivity contribution < 1.29 is 4.74 Å². The van der Waals surface area contributed by atoms with Crippen LogP contribution in [0.3, 0.4) is 0 Å². The van der Waals surface area contributed by atoms with Crippen molar-refractivity contribution >= 4 is 17.1 Å². The lowest BCUT2D eigenvalue weighted by molar-refractivity contribution is 0.415. The monoisotopic (exact) mass is 391 g/mol. The molecule has 1 aromatic carbocycles. The van der Waals surface area contributed by atoms with Crippen LogP contribution in [-0.4, -0.2) is 32.2 Å². The highest BCUT2D eigenvalue weighted by Crippen LogP contribution is 2.25. The molecular formula is C22H25N5O2. The highest BCUT2D eigenvalue weighted by molar-refractivity contribution is 5.75. The first-order chi connectivity index (χ1) is 14.1. The Balaban J connectivity index is 1.82. The molecule has 0 aliphatic carbocycles. The number of aromatic nitrogens is 4. The normalized spacial score (nSPS) is 14.0. The number of rotatable bonds is 4. The molecule has 7 nitrogen and oxygen atoms in total. The summed E-state index contributed by atoms with van der Waals surface area (Å²) in [6, 6.07) is 7.86. The molecule has 0 radical (unpaired) electrons. The van der Waals surface area contributed by atoms with Gasteiger partial charge in [0, 0.05) is 20.1 Å². The van der Waals surface area contributed by atoms with Crippen molar-refractivity contribution in [3.8, 4) is 23.6 Å². The third kappa shape index (κ3) is 3.70. The van der Waals surface area contributed by atoms with Gasteiger partial charge < -0.3 is 9.64 Å². The fourth-order valence-electron chi connectivity index (χ4n) is 3.58. The molecule has 1 saturated heterocycles. The minimum absolute atomic E-state index is 0.189. The fourth-order valence-corrected chi connectivity index (χ4v) is 3.58. The molecule has 0 saturated carbocycles. The number of anilines is 1. The van der Waals surface area contributed by atoms with E-state index in [1.165, 1.54) is 11.0 Å². The Hall–Kier alpha value is -3.27. The van der Waals surface area contributed by atoms with Gasteiger partial charge in [0.05, 0.1) is 6.54 Å². The summed E-state index contributed by atoms with van der Waals surface area (Å²) in [5.41, 5.74) is 1.81. The third-order valence-electron chi connectivity index (χ3n) is 5.21. The SMILES string of the molecule is CC#CCn1c(N2CCCCC2)nc2nc(Oc3ccc(C)cc3)n(C)c(=O)c21. The van der Waals surface area contributed by atoms with E-state index in [0.717, 1.165) is 37.4 Å². The number of aryl methyl sites for hydroxylation is 1. The van der Waals surface area contributed by atoms with Gasteiger partial charge in [0.15, 0.2) is 11.2 Å². The molecule has 0 spiro atoms. The topological polar surface area (TPSA) is 65.2 Å². The molecule has 150 valence electrons. The van der Waals surface area contributed by atoms with Crippen LogP contribution in [0.4, 0.5) is 5.95 Å². The number of hydrogen-bond acceptors (Lipinski definition) is 5. The average molecular weight is 391 g/mol. The third-order valence-corrected chi connectivity index (χ3v) is 5.21. The Morgan fingerprint density at radius 1 is 1.10 bits per heavy atom. The molecule has 4 rings (SSSR count). The lowest BCUT2D eigenvalue weighted by Crippen LogP contribution is -2.32. The smallest absolute Gasteiger partial charge is 0.306 e. The van der Waals surface area contributed by atoms with Crippen LogP contribution in [0.2, 0.25) is 0 Å². The quantitative estimate of drug-likeness (QED) is 0.639. The van der Waals surface area contributed by atoms with Gasteiger partial charge in [-0.2, -0.15) is 9.97 Å². The van der Waals surface area contributed by atoms with E-state index in [1.807, 2.05) is 35.8 Å². The minimum Gasteiger partial charge on any atom is -0.425 e. The largest absolute Gasteiger partial charge is 0.425 e. The Bertz CT molecular complexity index is 1140. The van der Waals surface area contributed by atoms with E-state index in [9.17, 15) is 4.79 Å². The summed E-state index contributed by atoms with van der Waals surface area (Å²) in [5.74, 6) is 7.37. The maximum atomic E-state index is 13.2. The summed E-state index contributed by atoms with van der Waals surface area (Å²) in [5, 5.41) is 0. The van der Waals surface area contributed by atoms with Crippen molar-refractivity contribution in [2.24, 2.45) is 7.05 Å². The first kappa shape index (κ1) is 19.1. The van der Waals surface area contributed by atoms with E-state index in [4.69, 9.17) is 9.72 Å². The van der Waals surface area contributed by atoms with Gasteiger partial charge in [-0.3, -0.25) is 13.9 Å². The molecule has 2 aromatic heterocycles. The zero-order valence-corrected chi connectivity index (χ0v) is 17.1. The lowest BCUT2D eigenvalue weighted by Gasteiger charge is -2.27. The van der Waals surface area contributed by atoms with Gasteiger partial charge in [-0.05, 0) is 45.2 Å². The van der Waals surface area contributed by atoms with E-state index in [2.05, 4.69) is 21.7 Å². The minimum atomic E-state index is -0.189. The fraction of sp³-hybridized carbons (Fsp3) is 0.409. The highest BCUT2D eigenvalue weighted by Gasteiger charge is 2.23. The molecule has 0 amide bonds. The second-order valence-electron chi connectivity index (χ2n) is 7.32. The molecule has 1 fully saturated rings. The van der Waals surface area contributed by atoms with Crippen molar-refractivity contribution in [1.82, 2.24) is 19.1 Å². The van der Waals surface area contributed by atoms with Gasteiger partial charge in [0.1, 0.15) is 5.75 Å². The van der Waals surface area contributed by atoms with Crippen LogP contribution >= 0.6 is 0 Å². The van der Waals surface area contributed by atoms with Gasteiger partial charge in [0.2, 0.25) is 5.95 Å². The standard InChI is InChI=1S/C22H25N5O2/c1-4-5-15-27-18-19(23-21(27)26-13-7-6-8-14-26)24-22(25(3)20(18)28)29-17-11-9-16(2)10-12-17/h9-12H,6-8,13-15H2,1-3H3. The molecule has 0 unspecified atom stereocenters. The predicted octanol–water partition coefficient (Wildman–Crippen LogP) is 3.24. The van der Waals surface area contributed by atoms with Crippen LogP contribution < -0.4 is 15.2 Å². The van der Waals surface area contributed by atoms with Crippen LogP contribution in [0.1, 0.15) is 31.7 Å². The van der Waals surface area contributed by atoms with Crippen LogP contribution in [0.15, 0.2) is 29.1 Å². The molecule has 1 aliphatic heterocycles. The zero-order valence-electron chi connectivity index (χ0n) is 17.1. The first-order valence-electron chi connectivity index (χ1n) is 9.95.